The Bertz CT molecular complexity index is 518. The van der Waals surface area contributed by atoms with Gasteiger partial charge in [0.15, 0.2) is 0 Å². The first-order valence-electron chi connectivity index (χ1n) is 6.17. The first-order valence-corrected chi connectivity index (χ1v) is 6.55. The molecule has 1 aromatic heterocycles. The summed E-state index contributed by atoms with van der Waals surface area (Å²) < 4.78 is 10.8. The van der Waals surface area contributed by atoms with E-state index in [0.29, 0.717) is 18.8 Å². The van der Waals surface area contributed by atoms with E-state index in [1.54, 1.807) is 0 Å². The predicted molar refractivity (Wildman–Crippen MR) is 75.1 cm³/mol. The molecule has 0 aromatic carbocycles. The molecule has 0 saturated carbocycles. The van der Waals surface area contributed by atoms with Crippen LogP contribution in [-0.2, 0) is 20.8 Å². The van der Waals surface area contributed by atoms with Crippen LogP contribution in [0.25, 0.3) is 0 Å². The highest BCUT2D eigenvalue weighted by atomic mass is 35.5. The summed E-state index contributed by atoms with van der Waals surface area (Å²) in [6.45, 7) is 4.63. The van der Waals surface area contributed by atoms with E-state index in [9.17, 15) is 9.59 Å². The second-order valence-electron chi connectivity index (χ2n) is 4.06. The van der Waals surface area contributed by atoms with E-state index in [2.05, 4.69) is 15.2 Å². The van der Waals surface area contributed by atoms with Gasteiger partial charge in [-0.3, -0.25) is 9.59 Å². The van der Waals surface area contributed by atoms with Crippen LogP contribution in [0.2, 0.25) is 5.02 Å². The normalized spacial score (nSPS) is 12.0. The van der Waals surface area contributed by atoms with Crippen LogP contribution < -0.4 is 10.9 Å². The molecule has 0 aliphatic rings. The van der Waals surface area contributed by atoms with E-state index in [1.165, 1.54) is 13.3 Å². The van der Waals surface area contributed by atoms with Crippen molar-refractivity contribution < 1.29 is 14.3 Å². The van der Waals surface area contributed by atoms with Gasteiger partial charge in [-0.15, -0.1) is 0 Å². The Labute approximate surface area is 121 Å². The second-order valence-corrected chi connectivity index (χ2v) is 4.44. The van der Waals surface area contributed by atoms with Gasteiger partial charge in [0.25, 0.3) is 5.56 Å². The molecule has 20 heavy (non-hydrogen) atoms. The molecule has 0 spiro atoms. The van der Waals surface area contributed by atoms with Crippen molar-refractivity contribution in [2.24, 2.45) is 0 Å². The molecule has 1 atom stereocenters. The zero-order chi connectivity index (χ0) is 15.1. The smallest absolute Gasteiger partial charge is 0.327 e. The lowest BCUT2D eigenvalue weighted by Gasteiger charge is -2.14. The van der Waals surface area contributed by atoms with Crippen LogP contribution in [0.1, 0.15) is 13.8 Å². The molecule has 0 aliphatic carbocycles. The molecule has 8 heteroatoms. The molecule has 1 unspecified atom stereocenters. The number of ether oxygens (including phenoxy) is 2. The molecule has 0 saturated heterocycles. The quantitative estimate of drug-likeness (QED) is 0.754. The minimum atomic E-state index is -0.568. The largest absolute Gasteiger partial charge is 0.468 e. The summed E-state index contributed by atoms with van der Waals surface area (Å²) in [6, 6.07) is 0. The summed E-state index contributed by atoms with van der Waals surface area (Å²) >= 11 is 5.96. The number of aromatic nitrogens is 2. The van der Waals surface area contributed by atoms with Crippen LogP contribution in [0.3, 0.4) is 0 Å². The fourth-order valence-electron chi connectivity index (χ4n) is 1.48. The molecular weight excluding hydrogens is 286 g/mol. The summed E-state index contributed by atoms with van der Waals surface area (Å²) in [5.74, 6) is -0.568. The monoisotopic (exact) mass is 303 g/mol. The molecule has 7 nitrogen and oxygen atoms in total. The average molecular weight is 304 g/mol. The summed E-state index contributed by atoms with van der Waals surface area (Å²) in [4.78, 5) is 23.0. The SMILES string of the molecule is CCOC(C)CNc1cnn(CC(=O)OC)c(=O)c1Cl. The first-order chi connectivity index (χ1) is 9.49. The third kappa shape index (κ3) is 4.50. The summed E-state index contributed by atoms with van der Waals surface area (Å²) in [5, 5.41) is 6.83. The standard InChI is InChI=1S/C12H18ClN3O4/c1-4-20-8(2)5-14-9-6-15-16(7-10(17)19-3)12(18)11(9)13/h6,8,14H,4-5,7H2,1-3H3. The van der Waals surface area contributed by atoms with E-state index in [1.807, 2.05) is 13.8 Å². The Balaban J connectivity index is 2.78. The van der Waals surface area contributed by atoms with Crippen molar-refractivity contribution in [3.05, 3.63) is 21.6 Å². The summed E-state index contributed by atoms with van der Waals surface area (Å²) in [7, 11) is 1.24. The van der Waals surface area contributed by atoms with Crippen LogP contribution in [-0.4, -0.2) is 42.1 Å². The van der Waals surface area contributed by atoms with Gasteiger partial charge in [0, 0.05) is 13.2 Å². The fraction of sp³-hybridized carbons (Fsp3) is 0.583. The molecule has 1 N–H and O–H groups in total. The molecule has 1 aromatic rings. The van der Waals surface area contributed by atoms with E-state index < -0.39 is 11.5 Å². The first kappa shape index (κ1) is 16.5. The van der Waals surface area contributed by atoms with Gasteiger partial charge in [-0.1, -0.05) is 11.6 Å². The topological polar surface area (TPSA) is 82.4 Å². The van der Waals surface area contributed by atoms with Crippen molar-refractivity contribution in [2.45, 2.75) is 26.5 Å². The van der Waals surface area contributed by atoms with Crippen LogP contribution >= 0.6 is 11.6 Å². The Morgan fingerprint density at radius 1 is 1.60 bits per heavy atom. The highest BCUT2D eigenvalue weighted by Gasteiger charge is 2.12. The van der Waals surface area contributed by atoms with E-state index >= 15 is 0 Å². The van der Waals surface area contributed by atoms with Gasteiger partial charge in [-0.05, 0) is 13.8 Å². The number of methoxy groups -OCH3 is 1. The number of carbonyl (C=O) groups excluding carboxylic acids is 1. The maximum absolute atomic E-state index is 11.9. The average Bonchev–Trinajstić information content (AvgIpc) is 2.43. The Morgan fingerprint density at radius 3 is 2.90 bits per heavy atom. The number of hydrogen-bond donors (Lipinski definition) is 1. The number of halogens is 1. The van der Waals surface area contributed by atoms with Crippen LogP contribution in [0.15, 0.2) is 11.0 Å². The maximum atomic E-state index is 11.9. The Hall–Kier alpha value is -1.60. The lowest BCUT2D eigenvalue weighted by Crippen LogP contribution is -2.29. The number of rotatable bonds is 7. The highest BCUT2D eigenvalue weighted by molar-refractivity contribution is 6.32. The maximum Gasteiger partial charge on any atom is 0.327 e. The molecule has 0 amide bonds. The molecule has 1 rings (SSSR count). The molecule has 0 radical (unpaired) electrons. The fourth-order valence-corrected chi connectivity index (χ4v) is 1.70. The summed E-state index contributed by atoms with van der Waals surface area (Å²) in [6.07, 6.45) is 1.37. The number of nitrogens with zero attached hydrogens (tertiary/aromatic N) is 2. The van der Waals surface area contributed by atoms with Gasteiger partial charge in [-0.25, -0.2) is 4.68 Å². The van der Waals surface area contributed by atoms with E-state index in [4.69, 9.17) is 16.3 Å². The van der Waals surface area contributed by atoms with Crippen molar-refractivity contribution in [3.63, 3.8) is 0 Å². The second kappa shape index (κ2) is 7.86. The van der Waals surface area contributed by atoms with Crippen molar-refractivity contribution in [3.8, 4) is 0 Å². The summed E-state index contributed by atoms with van der Waals surface area (Å²) in [5.41, 5.74) is -0.143. The number of esters is 1. The van der Waals surface area contributed by atoms with Gasteiger partial charge in [0.1, 0.15) is 11.6 Å². The van der Waals surface area contributed by atoms with Crippen molar-refractivity contribution in [2.75, 3.05) is 25.6 Å². The van der Waals surface area contributed by atoms with Crippen LogP contribution in [0.5, 0.6) is 0 Å². The van der Waals surface area contributed by atoms with Gasteiger partial charge < -0.3 is 14.8 Å². The molecule has 0 bridgehead atoms. The minimum absolute atomic E-state index is 0.0198. The zero-order valence-electron chi connectivity index (χ0n) is 11.7. The lowest BCUT2D eigenvalue weighted by molar-refractivity contribution is -0.141. The van der Waals surface area contributed by atoms with Gasteiger partial charge in [0.05, 0.1) is 25.1 Å². The lowest BCUT2D eigenvalue weighted by atomic mass is 10.3. The zero-order valence-corrected chi connectivity index (χ0v) is 12.4. The van der Waals surface area contributed by atoms with Gasteiger partial charge >= 0.3 is 5.97 Å². The number of hydrogen-bond acceptors (Lipinski definition) is 6. The number of carbonyl (C=O) groups is 1. The van der Waals surface area contributed by atoms with Crippen molar-refractivity contribution in [1.82, 2.24) is 9.78 Å². The third-order valence-electron chi connectivity index (χ3n) is 2.52. The molecule has 0 aliphatic heterocycles. The highest BCUT2D eigenvalue weighted by Crippen LogP contribution is 2.15. The molecule has 112 valence electrons. The minimum Gasteiger partial charge on any atom is -0.468 e. The molecule has 1 heterocycles. The third-order valence-corrected chi connectivity index (χ3v) is 2.89. The number of nitrogens with one attached hydrogen (secondary N) is 1. The Kier molecular flexibility index (Phi) is 6.47. The van der Waals surface area contributed by atoms with Gasteiger partial charge in [0.2, 0.25) is 0 Å². The molecular formula is C12H18ClN3O4. The predicted octanol–water partition coefficient (Wildman–Crippen LogP) is 0.907. The molecule has 0 fully saturated rings. The van der Waals surface area contributed by atoms with Crippen LogP contribution in [0, 0.1) is 0 Å². The van der Waals surface area contributed by atoms with Gasteiger partial charge in [-0.2, -0.15) is 5.10 Å². The van der Waals surface area contributed by atoms with E-state index in [0.717, 1.165) is 4.68 Å². The van der Waals surface area contributed by atoms with Crippen molar-refractivity contribution >= 4 is 23.3 Å². The van der Waals surface area contributed by atoms with E-state index in [-0.39, 0.29) is 17.7 Å². The van der Waals surface area contributed by atoms with Crippen LogP contribution in [0.4, 0.5) is 5.69 Å². The van der Waals surface area contributed by atoms with Crippen molar-refractivity contribution in [1.29, 1.82) is 0 Å². The number of anilines is 1. The Morgan fingerprint density at radius 2 is 2.30 bits per heavy atom.